The van der Waals surface area contributed by atoms with Gasteiger partial charge < -0.3 is 15.5 Å². The van der Waals surface area contributed by atoms with Crippen molar-refractivity contribution < 1.29 is 0 Å². The molecule has 0 unspecified atom stereocenters. The Labute approximate surface area is 101 Å². The Balaban J connectivity index is 2.17. The smallest absolute Gasteiger partial charge is 0.0117 e. The van der Waals surface area contributed by atoms with Gasteiger partial charge in [0.1, 0.15) is 0 Å². The van der Waals surface area contributed by atoms with Crippen molar-refractivity contribution >= 4 is 0 Å². The standard InChI is InChI=1S/C13H29N3/c1-13(2,14)8-5-9-16(4)12-6-10-15(3)11-7-12/h12H,5-11,14H2,1-4H3. The highest BCUT2D eigenvalue weighted by Gasteiger charge is 2.20. The summed E-state index contributed by atoms with van der Waals surface area (Å²) in [4.78, 5) is 4.95. The molecular weight excluding hydrogens is 198 g/mol. The van der Waals surface area contributed by atoms with Gasteiger partial charge in [-0.05, 0) is 73.3 Å². The lowest BCUT2D eigenvalue weighted by Gasteiger charge is -2.35. The van der Waals surface area contributed by atoms with Crippen LogP contribution in [0.5, 0.6) is 0 Å². The van der Waals surface area contributed by atoms with E-state index in [2.05, 4.69) is 37.7 Å². The number of hydrogen-bond acceptors (Lipinski definition) is 3. The average molecular weight is 227 g/mol. The molecule has 1 rings (SSSR count). The minimum absolute atomic E-state index is 0.00633. The monoisotopic (exact) mass is 227 g/mol. The van der Waals surface area contributed by atoms with Gasteiger partial charge >= 0.3 is 0 Å². The number of nitrogens with zero attached hydrogens (tertiary/aromatic N) is 2. The first kappa shape index (κ1) is 13.9. The molecule has 0 aliphatic carbocycles. The fourth-order valence-electron chi connectivity index (χ4n) is 2.40. The third kappa shape index (κ3) is 5.28. The van der Waals surface area contributed by atoms with Crippen molar-refractivity contribution in [3.8, 4) is 0 Å². The third-order valence-electron chi connectivity index (χ3n) is 3.64. The van der Waals surface area contributed by atoms with E-state index in [9.17, 15) is 0 Å². The minimum Gasteiger partial charge on any atom is -0.326 e. The molecule has 1 aliphatic heterocycles. The maximum absolute atomic E-state index is 5.99. The largest absolute Gasteiger partial charge is 0.326 e. The molecule has 0 spiro atoms. The molecule has 96 valence electrons. The van der Waals surface area contributed by atoms with Gasteiger partial charge in [0.05, 0.1) is 0 Å². The van der Waals surface area contributed by atoms with E-state index in [0.717, 1.165) is 12.5 Å². The van der Waals surface area contributed by atoms with Crippen LogP contribution in [-0.4, -0.2) is 55.1 Å². The van der Waals surface area contributed by atoms with Crippen LogP contribution in [0, 0.1) is 0 Å². The van der Waals surface area contributed by atoms with Crippen molar-refractivity contribution in [3.63, 3.8) is 0 Å². The summed E-state index contributed by atoms with van der Waals surface area (Å²) in [5.41, 5.74) is 5.99. The van der Waals surface area contributed by atoms with Crippen molar-refractivity contribution in [1.29, 1.82) is 0 Å². The third-order valence-corrected chi connectivity index (χ3v) is 3.64. The van der Waals surface area contributed by atoms with Crippen molar-refractivity contribution in [2.75, 3.05) is 33.7 Å². The Hall–Kier alpha value is -0.120. The molecule has 3 nitrogen and oxygen atoms in total. The lowest BCUT2D eigenvalue weighted by Crippen LogP contribution is -2.42. The van der Waals surface area contributed by atoms with Crippen LogP contribution in [0.15, 0.2) is 0 Å². The van der Waals surface area contributed by atoms with E-state index in [1.165, 1.54) is 38.9 Å². The summed E-state index contributed by atoms with van der Waals surface area (Å²) in [7, 11) is 4.48. The number of likely N-dealkylation sites (tertiary alicyclic amines) is 1. The second-order valence-electron chi connectivity index (χ2n) is 6.11. The second-order valence-corrected chi connectivity index (χ2v) is 6.11. The molecule has 16 heavy (non-hydrogen) atoms. The van der Waals surface area contributed by atoms with E-state index in [-0.39, 0.29) is 5.54 Å². The highest BCUT2D eigenvalue weighted by Crippen LogP contribution is 2.15. The molecule has 1 saturated heterocycles. The van der Waals surface area contributed by atoms with E-state index < -0.39 is 0 Å². The number of nitrogens with two attached hydrogens (primary N) is 1. The van der Waals surface area contributed by atoms with E-state index in [0.29, 0.717) is 0 Å². The molecule has 2 N–H and O–H groups in total. The fourth-order valence-corrected chi connectivity index (χ4v) is 2.40. The summed E-state index contributed by atoms with van der Waals surface area (Å²) in [5.74, 6) is 0. The lowest BCUT2D eigenvalue weighted by atomic mass is 9.99. The highest BCUT2D eigenvalue weighted by molar-refractivity contribution is 4.78. The van der Waals surface area contributed by atoms with Crippen LogP contribution in [0.3, 0.4) is 0 Å². The Morgan fingerprint density at radius 1 is 1.31 bits per heavy atom. The van der Waals surface area contributed by atoms with Crippen molar-refractivity contribution in [2.24, 2.45) is 5.73 Å². The van der Waals surface area contributed by atoms with Crippen molar-refractivity contribution in [3.05, 3.63) is 0 Å². The summed E-state index contributed by atoms with van der Waals surface area (Å²) in [6, 6.07) is 0.789. The molecule has 1 aliphatic rings. The van der Waals surface area contributed by atoms with Gasteiger partial charge in [-0.2, -0.15) is 0 Å². The molecule has 0 aromatic heterocycles. The lowest BCUT2D eigenvalue weighted by molar-refractivity contribution is 0.141. The quantitative estimate of drug-likeness (QED) is 0.773. The first-order valence-electron chi connectivity index (χ1n) is 6.56. The van der Waals surface area contributed by atoms with Gasteiger partial charge in [-0.3, -0.25) is 0 Å². The van der Waals surface area contributed by atoms with Crippen LogP contribution < -0.4 is 5.73 Å². The Morgan fingerprint density at radius 2 is 1.88 bits per heavy atom. The number of piperidine rings is 1. The van der Waals surface area contributed by atoms with E-state index >= 15 is 0 Å². The maximum atomic E-state index is 5.99. The van der Waals surface area contributed by atoms with Gasteiger partial charge in [0, 0.05) is 11.6 Å². The first-order valence-corrected chi connectivity index (χ1v) is 6.56. The molecule has 0 aromatic carbocycles. The van der Waals surface area contributed by atoms with E-state index in [4.69, 9.17) is 5.73 Å². The van der Waals surface area contributed by atoms with E-state index in [1.807, 2.05) is 0 Å². The SMILES string of the molecule is CN1CCC(N(C)CCCC(C)(C)N)CC1. The molecule has 1 heterocycles. The molecule has 3 heteroatoms. The van der Waals surface area contributed by atoms with Gasteiger partial charge in [-0.15, -0.1) is 0 Å². The van der Waals surface area contributed by atoms with Crippen LogP contribution in [0.1, 0.15) is 39.5 Å². The average Bonchev–Trinajstić information content (AvgIpc) is 2.16. The summed E-state index contributed by atoms with van der Waals surface area (Å²) >= 11 is 0. The molecule has 0 radical (unpaired) electrons. The van der Waals surface area contributed by atoms with Crippen LogP contribution in [-0.2, 0) is 0 Å². The number of rotatable bonds is 5. The van der Waals surface area contributed by atoms with Gasteiger partial charge in [0.15, 0.2) is 0 Å². The van der Waals surface area contributed by atoms with Crippen molar-refractivity contribution in [1.82, 2.24) is 9.80 Å². The van der Waals surface area contributed by atoms with Gasteiger partial charge in [-0.1, -0.05) is 0 Å². The number of hydrogen-bond donors (Lipinski definition) is 1. The molecule has 0 saturated carbocycles. The first-order chi connectivity index (χ1) is 7.38. The molecular formula is C13H29N3. The zero-order valence-electron chi connectivity index (χ0n) is 11.5. The summed E-state index contributed by atoms with van der Waals surface area (Å²) in [5, 5.41) is 0. The topological polar surface area (TPSA) is 32.5 Å². The minimum atomic E-state index is -0.00633. The molecule has 0 bridgehead atoms. The molecule has 0 atom stereocenters. The Kier molecular flexibility index (Phi) is 5.22. The van der Waals surface area contributed by atoms with Crippen molar-refractivity contribution in [2.45, 2.75) is 51.1 Å². The van der Waals surface area contributed by atoms with Crippen LogP contribution >= 0.6 is 0 Å². The molecule has 1 fully saturated rings. The fraction of sp³-hybridized carbons (Fsp3) is 1.00. The van der Waals surface area contributed by atoms with E-state index in [1.54, 1.807) is 0 Å². The molecule has 0 amide bonds. The van der Waals surface area contributed by atoms with Gasteiger partial charge in [0.25, 0.3) is 0 Å². The van der Waals surface area contributed by atoms with Crippen LogP contribution in [0.4, 0.5) is 0 Å². The predicted octanol–water partition coefficient (Wildman–Crippen LogP) is 1.53. The van der Waals surface area contributed by atoms with Gasteiger partial charge in [0.2, 0.25) is 0 Å². The zero-order valence-corrected chi connectivity index (χ0v) is 11.5. The van der Waals surface area contributed by atoms with Crippen LogP contribution in [0.25, 0.3) is 0 Å². The summed E-state index contributed by atoms with van der Waals surface area (Å²) in [6.45, 7) is 7.91. The van der Waals surface area contributed by atoms with Gasteiger partial charge in [-0.25, -0.2) is 0 Å². The normalized spacial score (nSPS) is 20.6. The second kappa shape index (κ2) is 5.99. The summed E-state index contributed by atoms with van der Waals surface area (Å²) < 4.78 is 0. The Bertz CT molecular complexity index is 190. The van der Waals surface area contributed by atoms with Crippen LogP contribution in [0.2, 0.25) is 0 Å². The zero-order chi connectivity index (χ0) is 12.2. The highest BCUT2D eigenvalue weighted by atomic mass is 15.2. The maximum Gasteiger partial charge on any atom is 0.0117 e. The Morgan fingerprint density at radius 3 is 2.38 bits per heavy atom. The summed E-state index contributed by atoms with van der Waals surface area (Å²) in [6.07, 6.45) is 4.97. The predicted molar refractivity (Wildman–Crippen MR) is 70.6 cm³/mol. The molecule has 0 aromatic rings.